The summed E-state index contributed by atoms with van der Waals surface area (Å²) < 4.78 is 5.37. The molecule has 3 nitrogen and oxygen atoms in total. The molecule has 2 unspecified atom stereocenters. The molecule has 0 amide bonds. The fraction of sp³-hybridized carbons (Fsp3) is 0.368. The van der Waals surface area contributed by atoms with E-state index < -0.39 is 5.41 Å². The first-order valence-corrected chi connectivity index (χ1v) is 8.70. The normalized spacial score (nSPS) is 14.6. The summed E-state index contributed by atoms with van der Waals surface area (Å²) in [5.41, 5.74) is 1.30. The maximum atomic E-state index is 10.0. The molecule has 126 valence electrons. The van der Waals surface area contributed by atoms with Gasteiger partial charge in [0, 0.05) is 30.4 Å². The number of hydrogen-bond acceptors (Lipinski definition) is 3. The molecule has 1 heterocycles. The lowest BCUT2D eigenvalue weighted by Gasteiger charge is -2.29. The number of nitrogens with zero attached hydrogens (tertiary/aromatic N) is 2. The molecule has 0 bridgehead atoms. The summed E-state index contributed by atoms with van der Waals surface area (Å²) in [6.07, 6.45) is 5.39. The minimum absolute atomic E-state index is 0.0689. The number of aromatic nitrogens is 1. The Hall–Kier alpha value is -1.60. The number of ether oxygens (including phenoxy) is 1. The van der Waals surface area contributed by atoms with Gasteiger partial charge in [0.1, 0.15) is 0 Å². The lowest BCUT2D eigenvalue weighted by molar-refractivity contribution is 0.107. The van der Waals surface area contributed by atoms with Crippen molar-refractivity contribution in [3.05, 3.63) is 64.9 Å². The van der Waals surface area contributed by atoms with Crippen LogP contribution in [0.2, 0.25) is 5.02 Å². The average molecular weight is 363 g/mol. The van der Waals surface area contributed by atoms with Gasteiger partial charge in [0.05, 0.1) is 17.6 Å². The first-order valence-electron chi connectivity index (χ1n) is 7.78. The van der Waals surface area contributed by atoms with Crippen molar-refractivity contribution < 1.29 is 4.74 Å². The van der Waals surface area contributed by atoms with Crippen LogP contribution in [0.1, 0.15) is 24.0 Å². The largest absolute Gasteiger partial charge is 0.380 e. The zero-order valence-corrected chi connectivity index (χ0v) is 15.1. The third-order valence-electron chi connectivity index (χ3n) is 4.24. The van der Waals surface area contributed by atoms with Gasteiger partial charge in [0.2, 0.25) is 0 Å². The van der Waals surface area contributed by atoms with Gasteiger partial charge in [0.25, 0.3) is 0 Å². The summed E-state index contributed by atoms with van der Waals surface area (Å²) in [4.78, 5) is 4.16. The topological polar surface area (TPSA) is 45.9 Å². The van der Waals surface area contributed by atoms with Gasteiger partial charge in [-0.05, 0) is 48.6 Å². The van der Waals surface area contributed by atoms with Gasteiger partial charge in [-0.1, -0.05) is 29.8 Å². The van der Waals surface area contributed by atoms with Gasteiger partial charge in [-0.25, -0.2) is 0 Å². The summed E-state index contributed by atoms with van der Waals surface area (Å²) in [5, 5.41) is 10.7. The Labute approximate surface area is 153 Å². The van der Waals surface area contributed by atoms with Crippen LogP contribution in [0.4, 0.5) is 0 Å². The number of alkyl halides is 1. The van der Waals surface area contributed by atoms with Crippen molar-refractivity contribution in [2.24, 2.45) is 0 Å². The second-order valence-corrected chi connectivity index (χ2v) is 6.53. The van der Waals surface area contributed by atoms with E-state index in [1.165, 1.54) is 0 Å². The van der Waals surface area contributed by atoms with Crippen molar-refractivity contribution in [2.45, 2.75) is 30.8 Å². The molecule has 0 saturated heterocycles. The SMILES string of the molecule is COC(CCl)CCC(C#N)(Cc1cccnc1)c1ccc(Cl)cc1. The number of methoxy groups -OCH3 is 1. The fourth-order valence-corrected chi connectivity index (χ4v) is 3.19. The molecule has 0 fully saturated rings. The quantitative estimate of drug-likeness (QED) is 0.635. The Balaban J connectivity index is 2.34. The Kier molecular flexibility index (Phi) is 7.05. The van der Waals surface area contributed by atoms with Crippen LogP contribution in [0.3, 0.4) is 0 Å². The summed E-state index contributed by atoms with van der Waals surface area (Å²) in [5.74, 6) is 0.408. The molecule has 0 saturated carbocycles. The zero-order chi connectivity index (χ0) is 17.4. The van der Waals surface area contributed by atoms with Crippen molar-refractivity contribution in [3.63, 3.8) is 0 Å². The molecular weight excluding hydrogens is 343 g/mol. The fourth-order valence-electron chi connectivity index (χ4n) is 2.78. The molecule has 24 heavy (non-hydrogen) atoms. The van der Waals surface area contributed by atoms with Crippen molar-refractivity contribution >= 4 is 23.2 Å². The minimum Gasteiger partial charge on any atom is -0.380 e. The van der Waals surface area contributed by atoms with Crippen LogP contribution in [0.15, 0.2) is 48.8 Å². The van der Waals surface area contributed by atoms with Gasteiger partial charge in [-0.2, -0.15) is 5.26 Å². The molecule has 0 spiro atoms. The van der Waals surface area contributed by atoms with Gasteiger partial charge in [-0.15, -0.1) is 11.6 Å². The van der Waals surface area contributed by atoms with Crippen molar-refractivity contribution in [1.82, 2.24) is 4.98 Å². The summed E-state index contributed by atoms with van der Waals surface area (Å²) in [7, 11) is 1.64. The smallest absolute Gasteiger partial charge is 0.0864 e. The predicted molar refractivity (Wildman–Crippen MR) is 97.4 cm³/mol. The highest BCUT2D eigenvalue weighted by Gasteiger charge is 2.33. The minimum atomic E-state index is -0.670. The lowest BCUT2D eigenvalue weighted by atomic mass is 9.73. The number of halogens is 2. The van der Waals surface area contributed by atoms with E-state index >= 15 is 0 Å². The van der Waals surface area contributed by atoms with Gasteiger partial charge in [0.15, 0.2) is 0 Å². The Morgan fingerprint density at radius 1 is 1.29 bits per heavy atom. The summed E-state index contributed by atoms with van der Waals surface area (Å²) in [6.45, 7) is 0. The second-order valence-electron chi connectivity index (χ2n) is 5.79. The highest BCUT2D eigenvalue weighted by molar-refractivity contribution is 6.30. The molecule has 0 N–H and O–H groups in total. The third kappa shape index (κ3) is 4.70. The Bertz CT molecular complexity index is 666. The van der Waals surface area contributed by atoms with Gasteiger partial charge < -0.3 is 4.74 Å². The van der Waals surface area contributed by atoms with Crippen LogP contribution in [0, 0.1) is 11.3 Å². The van der Waals surface area contributed by atoms with E-state index in [4.69, 9.17) is 27.9 Å². The van der Waals surface area contributed by atoms with Crippen LogP contribution in [-0.2, 0) is 16.6 Å². The van der Waals surface area contributed by atoms with E-state index in [0.29, 0.717) is 30.2 Å². The number of hydrogen-bond donors (Lipinski definition) is 0. The van der Waals surface area contributed by atoms with Crippen molar-refractivity contribution in [1.29, 1.82) is 5.26 Å². The molecule has 2 aromatic rings. The van der Waals surface area contributed by atoms with E-state index in [9.17, 15) is 5.26 Å². The molecule has 2 atom stereocenters. The molecular formula is C19H20Cl2N2O. The molecule has 0 aliphatic heterocycles. The van der Waals surface area contributed by atoms with E-state index in [2.05, 4.69) is 11.1 Å². The van der Waals surface area contributed by atoms with Crippen LogP contribution in [0.5, 0.6) is 0 Å². The van der Waals surface area contributed by atoms with E-state index in [-0.39, 0.29) is 6.10 Å². The summed E-state index contributed by atoms with van der Waals surface area (Å²) in [6, 6.07) is 13.9. The highest BCUT2D eigenvalue weighted by Crippen LogP contribution is 2.34. The molecule has 1 aromatic carbocycles. The Morgan fingerprint density at radius 3 is 2.58 bits per heavy atom. The first kappa shape index (κ1) is 18.7. The van der Waals surface area contributed by atoms with E-state index in [1.807, 2.05) is 36.4 Å². The van der Waals surface area contributed by atoms with Crippen LogP contribution in [-0.4, -0.2) is 24.1 Å². The van der Waals surface area contributed by atoms with Crippen molar-refractivity contribution in [2.75, 3.05) is 13.0 Å². The average Bonchev–Trinajstić information content (AvgIpc) is 2.63. The van der Waals surface area contributed by atoms with Gasteiger partial charge in [-0.3, -0.25) is 4.98 Å². The predicted octanol–water partition coefficient (Wildman–Crippen LogP) is 4.77. The van der Waals surface area contributed by atoms with Crippen molar-refractivity contribution in [3.8, 4) is 6.07 Å². The zero-order valence-electron chi connectivity index (χ0n) is 13.6. The van der Waals surface area contributed by atoms with E-state index in [1.54, 1.807) is 19.5 Å². The van der Waals surface area contributed by atoms with Gasteiger partial charge >= 0.3 is 0 Å². The number of rotatable bonds is 8. The van der Waals surface area contributed by atoms with Crippen LogP contribution in [0.25, 0.3) is 0 Å². The lowest BCUT2D eigenvalue weighted by Crippen LogP contribution is -2.29. The maximum absolute atomic E-state index is 10.0. The Morgan fingerprint density at radius 2 is 2.04 bits per heavy atom. The monoisotopic (exact) mass is 362 g/mol. The summed E-state index contributed by atoms with van der Waals surface area (Å²) >= 11 is 11.9. The number of pyridine rings is 1. The molecule has 1 aromatic heterocycles. The number of nitriles is 1. The maximum Gasteiger partial charge on any atom is 0.0864 e. The molecule has 0 radical (unpaired) electrons. The molecule has 0 aliphatic rings. The molecule has 0 aliphatic carbocycles. The number of benzene rings is 1. The van der Waals surface area contributed by atoms with Crippen LogP contribution >= 0.6 is 23.2 Å². The molecule has 5 heteroatoms. The van der Waals surface area contributed by atoms with Crippen LogP contribution < -0.4 is 0 Å². The standard InChI is InChI=1S/C19H20Cl2N2O/c1-24-18(12-20)8-9-19(14-22,11-15-3-2-10-23-13-15)16-4-6-17(21)7-5-16/h2-7,10,13,18H,8-9,11-12H2,1H3. The third-order valence-corrected chi connectivity index (χ3v) is 4.83. The van der Waals surface area contributed by atoms with E-state index in [0.717, 1.165) is 11.1 Å². The molecule has 2 rings (SSSR count). The highest BCUT2D eigenvalue weighted by atomic mass is 35.5. The first-order chi connectivity index (χ1) is 11.6. The second kappa shape index (κ2) is 9.03.